The lowest BCUT2D eigenvalue weighted by Gasteiger charge is -2.08. The molecule has 0 saturated heterocycles. The lowest BCUT2D eigenvalue weighted by molar-refractivity contribution is -0.137. The van der Waals surface area contributed by atoms with Gasteiger partial charge in [-0.05, 0) is 31.5 Å². The van der Waals surface area contributed by atoms with E-state index in [1.165, 1.54) is 10.9 Å². The average Bonchev–Trinajstić information content (AvgIpc) is 3.13. The number of hydrogen-bond acceptors (Lipinski definition) is 3. The average molecular weight is 408 g/mol. The van der Waals surface area contributed by atoms with Gasteiger partial charge in [0, 0.05) is 36.1 Å². The van der Waals surface area contributed by atoms with Crippen LogP contribution in [0.3, 0.4) is 0 Å². The van der Waals surface area contributed by atoms with Crippen LogP contribution in [0.15, 0.2) is 35.5 Å². The van der Waals surface area contributed by atoms with Crippen molar-refractivity contribution in [2.24, 2.45) is 4.99 Å². The first-order valence-corrected chi connectivity index (χ1v) is 9.86. The third kappa shape index (κ3) is 7.24. The highest BCUT2D eigenvalue weighted by atomic mass is 32.1. The van der Waals surface area contributed by atoms with Crippen molar-refractivity contribution in [1.29, 1.82) is 0 Å². The van der Waals surface area contributed by atoms with Gasteiger partial charge in [-0.3, -0.25) is 4.99 Å². The van der Waals surface area contributed by atoms with E-state index < -0.39 is 11.7 Å². The Morgan fingerprint density at radius 1 is 1.25 bits per heavy atom. The predicted molar refractivity (Wildman–Crippen MR) is 107 cm³/mol. The summed E-state index contributed by atoms with van der Waals surface area (Å²) >= 11 is 1.70. The lowest BCUT2D eigenvalue weighted by Crippen LogP contribution is -2.37. The number of aryl methyl sites for hydroxylation is 1. The normalized spacial score (nSPS) is 11.7. The Hall–Kier alpha value is -2.53. The van der Waals surface area contributed by atoms with E-state index in [2.05, 4.69) is 39.4 Å². The fourth-order valence-electron chi connectivity index (χ4n) is 2.28. The molecule has 0 saturated carbocycles. The van der Waals surface area contributed by atoms with Gasteiger partial charge in [-0.15, -0.1) is 11.3 Å². The largest absolute Gasteiger partial charge is 0.416 e. The summed E-state index contributed by atoms with van der Waals surface area (Å²) in [5.41, 5.74) is -0.371. The molecule has 28 heavy (non-hydrogen) atoms. The summed E-state index contributed by atoms with van der Waals surface area (Å²) in [5.74, 6) is 6.19. The molecule has 0 amide bonds. The molecule has 4 nitrogen and oxygen atoms in total. The molecule has 0 bridgehead atoms. The van der Waals surface area contributed by atoms with Gasteiger partial charge in [-0.1, -0.05) is 24.8 Å². The Balaban J connectivity index is 1.88. The van der Waals surface area contributed by atoms with Crippen LogP contribution >= 0.6 is 11.3 Å². The molecule has 8 heteroatoms. The smallest absolute Gasteiger partial charge is 0.357 e. The highest BCUT2D eigenvalue weighted by Crippen LogP contribution is 2.29. The maximum Gasteiger partial charge on any atom is 0.416 e. The van der Waals surface area contributed by atoms with Crippen LogP contribution in [0.5, 0.6) is 0 Å². The van der Waals surface area contributed by atoms with Crippen LogP contribution in [0.1, 0.15) is 34.9 Å². The van der Waals surface area contributed by atoms with Crippen LogP contribution in [0, 0.1) is 11.8 Å². The van der Waals surface area contributed by atoms with Crippen LogP contribution in [0.2, 0.25) is 0 Å². The third-order valence-corrected chi connectivity index (χ3v) is 4.86. The van der Waals surface area contributed by atoms with Crippen LogP contribution in [0.4, 0.5) is 13.2 Å². The van der Waals surface area contributed by atoms with Crippen molar-refractivity contribution in [2.75, 3.05) is 19.6 Å². The van der Waals surface area contributed by atoms with Gasteiger partial charge in [0.2, 0.25) is 0 Å². The number of hydrogen-bond donors (Lipinski definition) is 2. The Kier molecular flexibility index (Phi) is 8.33. The van der Waals surface area contributed by atoms with Gasteiger partial charge in [-0.2, -0.15) is 13.2 Å². The molecule has 0 fully saturated rings. The zero-order valence-electron chi connectivity index (χ0n) is 15.9. The first-order chi connectivity index (χ1) is 13.4. The van der Waals surface area contributed by atoms with Gasteiger partial charge < -0.3 is 10.6 Å². The van der Waals surface area contributed by atoms with E-state index in [1.54, 1.807) is 17.4 Å². The number of aromatic nitrogens is 1. The molecule has 2 aromatic rings. The molecule has 0 aliphatic heterocycles. The van der Waals surface area contributed by atoms with Crippen LogP contribution < -0.4 is 10.6 Å². The van der Waals surface area contributed by atoms with Crippen LogP contribution in [-0.2, 0) is 19.0 Å². The van der Waals surface area contributed by atoms with Gasteiger partial charge in [0.05, 0.1) is 17.1 Å². The molecule has 1 heterocycles. The second kappa shape index (κ2) is 10.7. The molecule has 2 N–H and O–H groups in total. The SMILES string of the molecule is CCNC(=NCCc1ncc(CC)s1)NCC#Cc1cccc(C(F)(F)F)c1. The van der Waals surface area contributed by atoms with E-state index >= 15 is 0 Å². The van der Waals surface area contributed by atoms with Crippen molar-refractivity contribution >= 4 is 17.3 Å². The highest BCUT2D eigenvalue weighted by molar-refractivity contribution is 7.11. The number of halogens is 3. The van der Waals surface area contributed by atoms with Crippen molar-refractivity contribution in [2.45, 2.75) is 32.9 Å². The van der Waals surface area contributed by atoms with Crippen molar-refractivity contribution in [3.05, 3.63) is 51.5 Å². The molecule has 0 aliphatic rings. The number of aliphatic imine (C=N–C) groups is 1. The molecule has 0 aliphatic carbocycles. The maximum absolute atomic E-state index is 12.7. The van der Waals surface area contributed by atoms with Gasteiger partial charge in [0.15, 0.2) is 5.96 Å². The fraction of sp³-hybridized carbons (Fsp3) is 0.400. The van der Waals surface area contributed by atoms with E-state index in [-0.39, 0.29) is 6.54 Å². The van der Waals surface area contributed by atoms with E-state index in [4.69, 9.17) is 0 Å². The summed E-state index contributed by atoms with van der Waals surface area (Å²) < 4.78 is 38.2. The molecule has 0 atom stereocenters. The van der Waals surface area contributed by atoms with Crippen molar-refractivity contribution in [3.8, 4) is 11.8 Å². The topological polar surface area (TPSA) is 49.3 Å². The summed E-state index contributed by atoms with van der Waals surface area (Å²) in [6.45, 7) is 5.62. The number of alkyl halides is 3. The lowest BCUT2D eigenvalue weighted by atomic mass is 10.1. The van der Waals surface area contributed by atoms with E-state index in [1.807, 2.05) is 13.1 Å². The fourth-order valence-corrected chi connectivity index (χ4v) is 3.13. The molecule has 0 unspecified atom stereocenters. The first-order valence-electron chi connectivity index (χ1n) is 9.04. The number of thiazole rings is 1. The minimum Gasteiger partial charge on any atom is -0.357 e. The number of nitrogens with one attached hydrogen (secondary N) is 2. The Bertz CT molecular complexity index is 847. The summed E-state index contributed by atoms with van der Waals surface area (Å²) in [6.07, 6.45) is -0.723. The molecular weight excluding hydrogens is 385 g/mol. The number of rotatable bonds is 6. The van der Waals surface area contributed by atoms with Gasteiger partial charge in [-0.25, -0.2) is 4.98 Å². The molecule has 2 rings (SSSR count). The number of benzene rings is 1. The van der Waals surface area contributed by atoms with Crippen molar-refractivity contribution in [3.63, 3.8) is 0 Å². The summed E-state index contributed by atoms with van der Waals surface area (Å²) in [4.78, 5) is 10.1. The minimum absolute atomic E-state index is 0.277. The third-order valence-electron chi connectivity index (χ3n) is 3.66. The van der Waals surface area contributed by atoms with Gasteiger partial charge >= 0.3 is 6.18 Å². The quantitative estimate of drug-likeness (QED) is 0.433. The van der Waals surface area contributed by atoms with Crippen molar-refractivity contribution < 1.29 is 13.2 Å². The van der Waals surface area contributed by atoms with Crippen LogP contribution in [0.25, 0.3) is 0 Å². The van der Waals surface area contributed by atoms with Crippen molar-refractivity contribution in [1.82, 2.24) is 15.6 Å². The van der Waals surface area contributed by atoms with E-state index in [0.29, 0.717) is 24.6 Å². The second-order valence-corrected chi connectivity index (χ2v) is 7.02. The Labute approximate surface area is 167 Å². The molecule has 0 spiro atoms. The van der Waals surface area contributed by atoms with E-state index in [9.17, 15) is 13.2 Å². The molecule has 1 aromatic heterocycles. The maximum atomic E-state index is 12.7. The van der Waals surface area contributed by atoms with Gasteiger partial charge in [0.25, 0.3) is 0 Å². The number of guanidine groups is 1. The monoisotopic (exact) mass is 408 g/mol. The standard InChI is InChI=1S/C20H23F3N4S/c1-3-17-14-27-18(28-17)10-12-26-19(24-4-2)25-11-6-8-15-7-5-9-16(13-15)20(21,22)23/h5,7,9,13-14H,3-4,10-12H2,1-2H3,(H2,24,25,26). The molecule has 150 valence electrons. The second-order valence-electron chi connectivity index (χ2n) is 5.82. The predicted octanol–water partition coefficient (Wildman–Crippen LogP) is 3.87. The van der Waals surface area contributed by atoms with Gasteiger partial charge in [0.1, 0.15) is 0 Å². The Morgan fingerprint density at radius 3 is 2.75 bits per heavy atom. The zero-order chi connectivity index (χ0) is 20.4. The first kappa shape index (κ1) is 21.8. The molecule has 1 aromatic carbocycles. The molecular formula is C20H23F3N4S. The zero-order valence-corrected chi connectivity index (χ0v) is 16.7. The molecule has 0 radical (unpaired) electrons. The number of nitrogens with zero attached hydrogens (tertiary/aromatic N) is 2. The minimum atomic E-state index is -4.36. The highest BCUT2D eigenvalue weighted by Gasteiger charge is 2.30. The summed E-state index contributed by atoms with van der Waals surface area (Å²) in [5, 5.41) is 7.24. The Morgan fingerprint density at radius 2 is 2.07 bits per heavy atom. The summed E-state index contributed by atoms with van der Waals surface area (Å²) in [6, 6.07) is 4.99. The van der Waals surface area contributed by atoms with E-state index in [0.717, 1.165) is 30.0 Å². The summed E-state index contributed by atoms with van der Waals surface area (Å²) in [7, 11) is 0. The van der Waals surface area contributed by atoms with Crippen LogP contribution in [-0.4, -0.2) is 30.6 Å².